The lowest BCUT2D eigenvalue weighted by Gasteiger charge is -2.05. The molecule has 3 nitrogen and oxygen atoms in total. The molecule has 0 aliphatic heterocycles. The van der Waals surface area contributed by atoms with Gasteiger partial charge in [-0.25, -0.2) is 0 Å². The molecule has 0 amide bonds. The number of rotatable bonds is 6. The number of carbonyl (C=O) groups is 1. The van der Waals surface area contributed by atoms with Crippen molar-refractivity contribution < 1.29 is 14.3 Å². The fraction of sp³-hybridized carbons (Fsp3) is 0.462. The van der Waals surface area contributed by atoms with E-state index in [9.17, 15) is 4.79 Å². The Labute approximate surface area is 96.4 Å². The summed E-state index contributed by atoms with van der Waals surface area (Å²) in [5.74, 6) is 0.725. The van der Waals surface area contributed by atoms with Crippen molar-refractivity contribution in [1.82, 2.24) is 0 Å². The molecule has 0 radical (unpaired) electrons. The Morgan fingerprint density at radius 2 is 1.88 bits per heavy atom. The van der Waals surface area contributed by atoms with E-state index in [0.29, 0.717) is 19.6 Å². The van der Waals surface area contributed by atoms with Crippen molar-refractivity contribution in [3.8, 4) is 5.75 Å². The van der Waals surface area contributed by atoms with Gasteiger partial charge in [-0.3, -0.25) is 4.79 Å². The van der Waals surface area contributed by atoms with E-state index in [1.54, 1.807) is 6.92 Å². The molecule has 0 aliphatic rings. The summed E-state index contributed by atoms with van der Waals surface area (Å²) in [6.45, 7) is 4.87. The van der Waals surface area contributed by atoms with Gasteiger partial charge in [0.2, 0.25) is 0 Å². The first-order chi connectivity index (χ1) is 7.76. The van der Waals surface area contributed by atoms with Crippen LogP contribution in [0, 0.1) is 0 Å². The number of carbonyl (C=O) groups excluding carboxylic acids is 1. The average molecular weight is 222 g/mol. The molecule has 0 aliphatic carbocycles. The van der Waals surface area contributed by atoms with Crippen LogP contribution >= 0.6 is 0 Å². The molecule has 0 unspecified atom stereocenters. The number of hydrogen-bond donors (Lipinski definition) is 0. The zero-order chi connectivity index (χ0) is 11.8. The minimum absolute atomic E-state index is 0.147. The molecule has 0 heterocycles. The van der Waals surface area contributed by atoms with Gasteiger partial charge in [0.25, 0.3) is 0 Å². The van der Waals surface area contributed by atoms with Crippen LogP contribution in [0.15, 0.2) is 24.3 Å². The molecular weight excluding hydrogens is 204 g/mol. The normalized spacial score (nSPS) is 9.88. The van der Waals surface area contributed by atoms with Gasteiger partial charge in [0.1, 0.15) is 5.75 Å². The van der Waals surface area contributed by atoms with Crippen molar-refractivity contribution in [2.45, 2.75) is 26.7 Å². The smallest absolute Gasteiger partial charge is 0.305 e. The van der Waals surface area contributed by atoms with Crippen molar-refractivity contribution in [1.29, 1.82) is 0 Å². The molecule has 1 rings (SSSR count). The average Bonchev–Trinajstić information content (AvgIpc) is 2.31. The Kier molecular flexibility index (Phi) is 5.40. The molecule has 0 bridgehead atoms. The van der Waals surface area contributed by atoms with Crippen LogP contribution in [0.5, 0.6) is 5.75 Å². The Hall–Kier alpha value is -1.51. The van der Waals surface area contributed by atoms with Crippen molar-refractivity contribution in [2.24, 2.45) is 0 Å². The van der Waals surface area contributed by atoms with E-state index in [4.69, 9.17) is 9.47 Å². The lowest BCUT2D eigenvalue weighted by molar-refractivity contribution is -0.143. The first-order valence-electron chi connectivity index (χ1n) is 5.63. The van der Waals surface area contributed by atoms with Crippen LogP contribution in [0.1, 0.15) is 25.8 Å². The fourth-order valence-corrected chi connectivity index (χ4v) is 1.30. The van der Waals surface area contributed by atoms with Crippen LogP contribution in [-0.4, -0.2) is 19.2 Å². The van der Waals surface area contributed by atoms with Gasteiger partial charge in [-0.1, -0.05) is 19.1 Å². The van der Waals surface area contributed by atoms with Crippen LogP contribution in [0.3, 0.4) is 0 Å². The summed E-state index contributed by atoms with van der Waals surface area (Å²) >= 11 is 0. The number of benzene rings is 1. The Balaban J connectivity index is 2.34. The molecular formula is C13H18O3. The standard InChI is InChI=1S/C13H18O3/c1-3-13(14)16-10-9-11-5-7-12(8-6-11)15-4-2/h5-8H,3-4,9-10H2,1-2H3. The highest BCUT2D eigenvalue weighted by atomic mass is 16.5. The van der Waals surface area contributed by atoms with Gasteiger partial charge in [0, 0.05) is 12.8 Å². The first kappa shape index (κ1) is 12.6. The molecule has 0 atom stereocenters. The second-order valence-corrected chi connectivity index (χ2v) is 3.40. The minimum Gasteiger partial charge on any atom is -0.494 e. The summed E-state index contributed by atoms with van der Waals surface area (Å²) < 4.78 is 10.3. The highest BCUT2D eigenvalue weighted by Crippen LogP contribution is 2.12. The largest absolute Gasteiger partial charge is 0.494 e. The van der Waals surface area contributed by atoms with E-state index in [0.717, 1.165) is 17.7 Å². The van der Waals surface area contributed by atoms with Crippen LogP contribution < -0.4 is 4.74 Å². The van der Waals surface area contributed by atoms with Crippen molar-refractivity contribution in [3.05, 3.63) is 29.8 Å². The third kappa shape index (κ3) is 4.34. The van der Waals surface area contributed by atoms with Crippen LogP contribution in [0.4, 0.5) is 0 Å². The van der Waals surface area contributed by atoms with Crippen molar-refractivity contribution in [3.63, 3.8) is 0 Å². The molecule has 0 saturated heterocycles. The molecule has 3 heteroatoms. The van der Waals surface area contributed by atoms with E-state index in [2.05, 4.69) is 0 Å². The SMILES string of the molecule is CCOc1ccc(CCOC(=O)CC)cc1. The van der Waals surface area contributed by atoms with Crippen molar-refractivity contribution in [2.75, 3.05) is 13.2 Å². The van der Waals surface area contributed by atoms with E-state index >= 15 is 0 Å². The molecule has 1 aromatic carbocycles. The summed E-state index contributed by atoms with van der Waals surface area (Å²) in [5.41, 5.74) is 1.15. The zero-order valence-electron chi connectivity index (χ0n) is 9.86. The van der Waals surface area contributed by atoms with Gasteiger partial charge in [-0.2, -0.15) is 0 Å². The molecule has 0 aromatic heterocycles. The third-order valence-corrected chi connectivity index (χ3v) is 2.18. The molecule has 0 N–H and O–H groups in total. The molecule has 88 valence electrons. The maximum atomic E-state index is 10.9. The van der Waals surface area contributed by atoms with E-state index < -0.39 is 0 Å². The second-order valence-electron chi connectivity index (χ2n) is 3.40. The van der Waals surface area contributed by atoms with E-state index in [1.165, 1.54) is 0 Å². The third-order valence-electron chi connectivity index (χ3n) is 2.18. The van der Waals surface area contributed by atoms with Crippen LogP contribution in [0.25, 0.3) is 0 Å². The van der Waals surface area contributed by atoms with Gasteiger partial charge >= 0.3 is 5.97 Å². The highest BCUT2D eigenvalue weighted by Gasteiger charge is 1.99. The van der Waals surface area contributed by atoms with E-state index in [-0.39, 0.29) is 5.97 Å². The Morgan fingerprint density at radius 3 is 2.44 bits per heavy atom. The molecule has 0 saturated carbocycles. The number of hydrogen-bond acceptors (Lipinski definition) is 3. The summed E-state index contributed by atoms with van der Waals surface area (Å²) in [6, 6.07) is 7.84. The lowest BCUT2D eigenvalue weighted by atomic mass is 10.1. The van der Waals surface area contributed by atoms with Gasteiger partial charge < -0.3 is 9.47 Å². The van der Waals surface area contributed by atoms with Crippen LogP contribution in [-0.2, 0) is 16.0 Å². The number of esters is 1. The minimum atomic E-state index is -0.147. The lowest BCUT2D eigenvalue weighted by Crippen LogP contribution is -2.05. The molecule has 16 heavy (non-hydrogen) atoms. The summed E-state index contributed by atoms with van der Waals surface area (Å²) in [5, 5.41) is 0. The van der Waals surface area contributed by atoms with Crippen LogP contribution in [0.2, 0.25) is 0 Å². The second kappa shape index (κ2) is 6.88. The molecule has 0 spiro atoms. The monoisotopic (exact) mass is 222 g/mol. The maximum Gasteiger partial charge on any atom is 0.305 e. The number of ether oxygens (including phenoxy) is 2. The first-order valence-corrected chi connectivity index (χ1v) is 5.63. The molecule has 0 fully saturated rings. The molecule has 1 aromatic rings. The maximum absolute atomic E-state index is 10.9. The van der Waals surface area contributed by atoms with Gasteiger partial charge in [-0.05, 0) is 24.6 Å². The van der Waals surface area contributed by atoms with Crippen molar-refractivity contribution >= 4 is 5.97 Å². The highest BCUT2D eigenvalue weighted by molar-refractivity contribution is 5.68. The quantitative estimate of drug-likeness (QED) is 0.694. The summed E-state index contributed by atoms with van der Waals surface area (Å²) in [4.78, 5) is 10.9. The van der Waals surface area contributed by atoms with Gasteiger partial charge in [0.05, 0.1) is 13.2 Å². The fourth-order valence-electron chi connectivity index (χ4n) is 1.30. The Bertz CT molecular complexity index is 316. The Morgan fingerprint density at radius 1 is 1.19 bits per heavy atom. The summed E-state index contributed by atoms with van der Waals surface area (Å²) in [7, 11) is 0. The predicted molar refractivity (Wildman–Crippen MR) is 62.6 cm³/mol. The van der Waals surface area contributed by atoms with Gasteiger partial charge in [0.15, 0.2) is 0 Å². The van der Waals surface area contributed by atoms with E-state index in [1.807, 2.05) is 31.2 Å². The zero-order valence-corrected chi connectivity index (χ0v) is 9.86. The summed E-state index contributed by atoms with van der Waals surface area (Å²) in [6.07, 6.45) is 1.18. The van der Waals surface area contributed by atoms with Gasteiger partial charge in [-0.15, -0.1) is 0 Å². The predicted octanol–water partition coefficient (Wildman–Crippen LogP) is 2.58. The topological polar surface area (TPSA) is 35.5 Å².